The summed E-state index contributed by atoms with van der Waals surface area (Å²) in [5, 5.41) is 20.6. The van der Waals surface area contributed by atoms with Crippen molar-refractivity contribution in [2.75, 3.05) is 0 Å². The SMILES string of the molecule is N#CC(c1ccccc1)N1C(=O)C(CC(=O)O)OC(c2cccc(Cl)c2)C1c1ccc(Cl)cc1. The van der Waals surface area contributed by atoms with E-state index in [9.17, 15) is 20.0 Å². The largest absolute Gasteiger partial charge is 0.481 e. The molecule has 1 saturated heterocycles. The van der Waals surface area contributed by atoms with Gasteiger partial charge in [-0.2, -0.15) is 5.26 Å². The Morgan fingerprint density at radius 1 is 1.00 bits per heavy atom. The molecule has 0 saturated carbocycles. The first-order chi connectivity index (χ1) is 16.4. The fourth-order valence-electron chi connectivity index (χ4n) is 4.21. The number of nitriles is 1. The Balaban J connectivity index is 1.92. The standard InChI is InChI=1S/C26H20Cl2N2O4/c27-19-11-9-17(10-12-19)24-25(18-7-4-8-20(28)13-18)34-22(14-23(31)32)26(33)30(24)21(15-29)16-5-2-1-3-6-16/h1-13,21-22,24-25H,14H2,(H,31,32). The van der Waals surface area contributed by atoms with Crippen LogP contribution in [0.3, 0.4) is 0 Å². The molecule has 172 valence electrons. The molecule has 4 rings (SSSR count). The van der Waals surface area contributed by atoms with E-state index in [4.69, 9.17) is 27.9 Å². The lowest BCUT2D eigenvalue weighted by Gasteiger charge is -2.46. The lowest BCUT2D eigenvalue weighted by Crippen LogP contribution is -2.52. The van der Waals surface area contributed by atoms with E-state index in [1.54, 1.807) is 72.8 Å². The van der Waals surface area contributed by atoms with Crippen molar-refractivity contribution in [3.05, 3.63) is 106 Å². The van der Waals surface area contributed by atoms with E-state index in [0.29, 0.717) is 26.7 Å². The summed E-state index contributed by atoms with van der Waals surface area (Å²) >= 11 is 12.4. The third-order valence-corrected chi connectivity index (χ3v) is 6.18. The molecular weight excluding hydrogens is 475 g/mol. The lowest BCUT2D eigenvalue weighted by atomic mass is 9.89. The van der Waals surface area contributed by atoms with Crippen LogP contribution in [0, 0.1) is 11.3 Å². The molecule has 0 aromatic heterocycles. The summed E-state index contributed by atoms with van der Waals surface area (Å²) in [7, 11) is 0. The van der Waals surface area contributed by atoms with Gasteiger partial charge in [0, 0.05) is 10.0 Å². The Morgan fingerprint density at radius 2 is 1.71 bits per heavy atom. The van der Waals surface area contributed by atoms with Gasteiger partial charge in [0.2, 0.25) is 0 Å². The second-order valence-electron chi connectivity index (χ2n) is 7.88. The number of ether oxygens (including phenoxy) is 1. The molecule has 0 spiro atoms. The van der Waals surface area contributed by atoms with Gasteiger partial charge in [-0.1, -0.05) is 77.8 Å². The molecule has 4 unspecified atom stereocenters. The molecule has 0 aliphatic carbocycles. The smallest absolute Gasteiger partial charge is 0.306 e. The lowest BCUT2D eigenvalue weighted by molar-refractivity contribution is -0.181. The van der Waals surface area contributed by atoms with Crippen LogP contribution in [0.2, 0.25) is 10.0 Å². The van der Waals surface area contributed by atoms with Gasteiger partial charge in [0.05, 0.1) is 18.5 Å². The van der Waals surface area contributed by atoms with Gasteiger partial charge in [0.1, 0.15) is 18.2 Å². The highest BCUT2D eigenvalue weighted by molar-refractivity contribution is 6.30. The molecule has 1 heterocycles. The van der Waals surface area contributed by atoms with Crippen LogP contribution in [0.25, 0.3) is 0 Å². The van der Waals surface area contributed by atoms with Crippen LogP contribution in [-0.2, 0) is 14.3 Å². The topological polar surface area (TPSA) is 90.6 Å². The van der Waals surface area contributed by atoms with E-state index in [-0.39, 0.29) is 0 Å². The second kappa shape index (κ2) is 10.3. The Morgan fingerprint density at radius 3 is 2.32 bits per heavy atom. The van der Waals surface area contributed by atoms with Crippen molar-refractivity contribution in [1.82, 2.24) is 4.90 Å². The molecular formula is C26H20Cl2N2O4. The molecule has 1 N–H and O–H groups in total. The first-order valence-electron chi connectivity index (χ1n) is 10.5. The molecule has 0 radical (unpaired) electrons. The summed E-state index contributed by atoms with van der Waals surface area (Å²) in [6, 6.07) is 23.3. The maximum atomic E-state index is 13.7. The fraction of sp³-hybridized carbons (Fsp3) is 0.192. The van der Waals surface area contributed by atoms with E-state index in [0.717, 1.165) is 0 Å². The number of nitrogens with zero attached hydrogens (tertiary/aromatic N) is 2. The Kier molecular flexibility index (Phi) is 7.18. The van der Waals surface area contributed by atoms with Crippen molar-refractivity contribution in [3.63, 3.8) is 0 Å². The van der Waals surface area contributed by atoms with Gasteiger partial charge < -0.3 is 14.7 Å². The zero-order valence-electron chi connectivity index (χ0n) is 17.8. The summed E-state index contributed by atoms with van der Waals surface area (Å²) in [6.45, 7) is 0. The zero-order chi connectivity index (χ0) is 24.2. The van der Waals surface area contributed by atoms with Crippen molar-refractivity contribution in [2.45, 2.75) is 30.7 Å². The van der Waals surface area contributed by atoms with Crippen LogP contribution in [0.15, 0.2) is 78.9 Å². The number of aliphatic carboxylic acids is 1. The molecule has 1 amide bonds. The maximum Gasteiger partial charge on any atom is 0.306 e. The normalized spacial score (nSPS) is 21.0. The Hall–Kier alpha value is -3.37. The molecule has 1 aliphatic heterocycles. The van der Waals surface area contributed by atoms with Crippen LogP contribution in [-0.4, -0.2) is 28.0 Å². The van der Waals surface area contributed by atoms with Crippen LogP contribution in [0.1, 0.15) is 41.3 Å². The minimum absolute atomic E-state index is 0.467. The van der Waals surface area contributed by atoms with E-state index in [2.05, 4.69) is 6.07 Å². The summed E-state index contributed by atoms with van der Waals surface area (Å²) in [5.74, 6) is -1.75. The summed E-state index contributed by atoms with van der Waals surface area (Å²) in [6.07, 6.45) is -2.58. The molecule has 34 heavy (non-hydrogen) atoms. The number of halogens is 2. The van der Waals surface area contributed by atoms with E-state index >= 15 is 0 Å². The Labute approximate surface area is 206 Å². The number of carbonyl (C=O) groups is 2. The van der Waals surface area contributed by atoms with E-state index in [1.807, 2.05) is 6.07 Å². The number of rotatable bonds is 6. The van der Waals surface area contributed by atoms with E-state index < -0.39 is 42.6 Å². The number of hydrogen-bond acceptors (Lipinski definition) is 4. The number of benzene rings is 3. The molecule has 8 heteroatoms. The second-order valence-corrected chi connectivity index (χ2v) is 8.76. The van der Waals surface area contributed by atoms with Crippen molar-refractivity contribution in [1.29, 1.82) is 5.26 Å². The van der Waals surface area contributed by atoms with Gasteiger partial charge in [-0.25, -0.2) is 0 Å². The first kappa shape index (κ1) is 23.8. The third kappa shape index (κ3) is 4.92. The third-order valence-electron chi connectivity index (χ3n) is 5.69. The summed E-state index contributed by atoms with van der Waals surface area (Å²) in [5.41, 5.74) is 1.95. The summed E-state index contributed by atoms with van der Waals surface area (Å²) in [4.78, 5) is 26.7. The minimum atomic E-state index is -1.27. The predicted octanol–water partition coefficient (Wildman–Crippen LogP) is 5.74. The monoisotopic (exact) mass is 494 g/mol. The highest BCUT2D eigenvalue weighted by atomic mass is 35.5. The number of carboxylic acids is 1. The quantitative estimate of drug-likeness (QED) is 0.471. The Bertz CT molecular complexity index is 1230. The van der Waals surface area contributed by atoms with E-state index in [1.165, 1.54) is 4.90 Å². The number of hydrogen-bond donors (Lipinski definition) is 1. The van der Waals surface area contributed by atoms with Crippen molar-refractivity contribution >= 4 is 35.1 Å². The summed E-state index contributed by atoms with van der Waals surface area (Å²) < 4.78 is 6.14. The van der Waals surface area contributed by atoms with Gasteiger partial charge in [-0.3, -0.25) is 9.59 Å². The molecule has 3 aromatic carbocycles. The van der Waals surface area contributed by atoms with Gasteiger partial charge in [0.15, 0.2) is 0 Å². The average molecular weight is 495 g/mol. The molecule has 1 fully saturated rings. The molecule has 1 aliphatic rings. The molecule has 0 bridgehead atoms. The highest BCUT2D eigenvalue weighted by Gasteiger charge is 2.48. The van der Waals surface area contributed by atoms with Crippen molar-refractivity contribution in [3.8, 4) is 6.07 Å². The predicted molar refractivity (Wildman–Crippen MR) is 127 cm³/mol. The van der Waals surface area contributed by atoms with Crippen LogP contribution in [0.5, 0.6) is 0 Å². The molecule has 6 nitrogen and oxygen atoms in total. The van der Waals surface area contributed by atoms with Crippen LogP contribution < -0.4 is 0 Å². The van der Waals surface area contributed by atoms with Gasteiger partial charge in [0.25, 0.3) is 5.91 Å². The average Bonchev–Trinajstić information content (AvgIpc) is 2.83. The number of amides is 1. The number of carboxylic acid groups (broad SMARTS) is 1. The molecule has 3 aromatic rings. The van der Waals surface area contributed by atoms with Crippen LogP contribution >= 0.6 is 23.2 Å². The van der Waals surface area contributed by atoms with Gasteiger partial charge in [-0.15, -0.1) is 0 Å². The van der Waals surface area contributed by atoms with Crippen molar-refractivity contribution in [2.24, 2.45) is 0 Å². The number of carbonyl (C=O) groups excluding carboxylic acids is 1. The fourth-order valence-corrected chi connectivity index (χ4v) is 4.54. The van der Waals surface area contributed by atoms with Crippen molar-refractivity contribution < 1.29 is 19.4 Å². The molecule has 4 atom stereocenters. The zero-order valence-corrected chi connectivity index (χ0v) is 19.4. The van der Waals surface area contributed by atoms with Crippen LogP contribution in [0.4, 0.5) is 0 Å². The van der Waals surface area contributed by atoms with Gasteiger partial charge in [-0.05, 0) is 41.0 Å². The minimum Gasteiger partial charge on any atom is -0.481 e. The number of morpholine rings is 1. The first-order valence-corrected chi connectivity index (χ1v) is 11.3. The highest BCUT2D eigenvalue weighted by Crippen LogP contribution is 2.46. The van der Waals surface area contributed by atoms with Gasteiger partial charge >= 0.3 is 5.97 Å². The maximum absolute atomic E-state index is 13.7.